The lowest BCUT2D eigenvalue weighted by Gasteiger charge is -2.39. The summed E-state index contributed by atoms with van der Waals surface area (Å²) in [5, 5.41) is 0. The Balaban J connectivity index is 1.54. The maximum Gasteiger partial charge on any atom is 0.257 e. The zero-order chi connectivity index (χ0) is 17.1. The number of furan rings is 1. The Labute approximate surface area is 144 Å². The summed E-state index contributed by atoms with van der Waals surface area (Å²) in [7, 11) is 1.97. The van der Waals surface area contributed by atoms with Gasteiger partial charge < -0.3 is 14.2 Å². The van der Waals surface area contributed by atoms with Crippen LogP contribution in [0.25, 0.3) is 0 Å². The van der Waals surface area contributed by atoms with Gasteiger partial charge in [-0.05, 0) is 37.7 Å². The monoisotopic (exact) mass is 332 g/mol. The Kier molecular flexibility index (Phi) is 5.27. The lowest BCUT2D eigenvalue weighted by molar-refractivity contribution is -0.139. The van der Waals surface area contributed by atoms with Gasteiger partial charge in [-0.2, -0.15) is 0 Å². The predicted octanol–water partition coefficient (Wildman–Crippen LogP) is 3.17. The van der Waals surface area contributed by atoms with Gasteiger partial charge in [-0.15, -0.1) is 0 Å². The maximum absolute atomic E-state index is 12.9. The fraction of sp³-hybridized carbons (Fsp3) is 0.684. The van der Waals surface area contributed by atoms with Crippen molar-refractivity contribution in [3.63, 3.8) is 0 Å². The van der Waals surface area contributed by atoms with Gasteiger partial charge in [0, 0.05) is 32.1 Å². The van der Waals surface area contributed by atoms with Crippen molar-refractivity contribution in [2.75, 3.05) is 20.1 Å². The molecule has 2 fully saturated rings. The molecule has 2 unspecified atom stereocenters. The lowest BCUT2D eigenvalue weighted by atomic mass is 9.84. The molecule has 132 valence electrons. The van der Waals surface area contributed by atoms with Gasteiger partial charge in [0.2, 0.25) is 5.91 Å². The van der Waals surface area contributed by atoms with Gasteiger partial charge in [0.15, 0.2) is 0 Å². The van der Waals surface area contributed by atoms with Gasteiger partial charge in [-0.1, -0.05) is 19.8 Å². The molecule has 1 aromatic heterocycles. The zero-order valence-electron chi connectivity index (χ0n) is 14.7. The summed E-state index contributed by atoms with van der Waals surface area (Å²) in [5.41, 5.74) is 0.591. The molecule has 1 saturated carbocycles. The molecule has 0 radical (unpaired) electrons. The first kappa shape index (κ1) is 17.1. The predicted molar refractivity (Wildman–Crippen MR) is 91.5 cm³/mol. The minimum absolute atomic E-state index is 0.00362. The van der Waals surface area contributed by atoms with Crippen LogP contribution in [-0.4, -0.2) is 47.8 Å². The van der Waals surface area contributed by atoms with Gasteiger partial charge in [0.05, 0.1) is 11.8 Å². The molecule has 1 aromatic rings. The van der Waals surface area contributed by atoms with Gasteiger partial charge in [-0.25, -0.2) is 0 Å². The Morgan fingerprint density at radius 1 is 1.17 bits per heavy atom. The molecule has 0 aromatic carbocycles. The Bertz CT molecular complexity index is 561. The van der Waals surface area contributed by atoms with E-state index < -0.39 is 0 Å². The van der Waals surface area contributed by atoms with Crippen LogP contribution in [-0.2, 0) is 4.79 Å². The SMILES string of the molecule is CC1CCCCC1N(C)C(=O)C1CCN(C(=O)c2ccoc2)CC1. The summed E-state index contributed by atoms with van der Waals surface area (Å²) in [6.07, 6.45) is 9.38. The lowest BCUT2D eigenvalue weighted by Crippen LogP contribution is -2.48. The van der Waals surface area contributed by atoms with Crippen LogP contribution in [0.2, 0.25) is 0 Å². The summed E-state index contributed by atoms with van der Waals surface area (Å²) in [5.74, 6) is 0.918. The smallest absolute Gasteiger partial charge is 0.257 e. The first-order chi connectivity index (χ1) is 11.6. The summed E-state index contributed by atoms with van der Waals surface area (Å²) in [6.45, 7) is 3.56. The minimum Gasteiger partial charge on any atom is -0.472 e. The van der Waals surface area contributed by atoms with Crippen LogP contribution >= 0.6 is 0 Å². The maximum atomic E-state index is 12.9. The number of rotatable bonds is 3. The number of amides is 2. The number of carbonyl (C=O) groups excluding carboxylic acids is 2. The van der Waals surface area contributed by atoms with Crippen LogP contribution in [0.15, 0.2) is 23.0 Å². The van der Waals surface area contributed by atoms with E-state index in [9.17, 15) is 9.59 Å². The van der Waals surface area contributed by atoms with Crippen molar-refractivity contribution in [1.82, 2.24) is 9.80 Å². The van der Waals surface area contributed by atoms with Crippen LogP contribution in [0.4, 0.5) is 0 Å². The normalized spacial score (nSPS) is 25.5. The molecule has 1 saturated heterocycles. The van der Waals surface area contributed by atoms with E-state index in [4.69, 9.17) is 4.42 Å². The molecule has 2 heterocycles. The minimum atomic E-state index is 0.00362. The van der Waals surface area contributed by atoms with Crippen molar-refractivity contribution in [3.8, 4) is 0 Å². The van der Waals surface area contributed by atoms with Crippen molar-refractivity contribution in [3.05, 3.63) is 24.2 Å². The quantitative estimate of drug-likeness (QED) is 0.854. The van der Waals surface area contributed by atoms with Gasteiger partial charge in [0.1, 0.15) is 6.26 Å². The highest BCUT2D eigenvalue weighted by molar-refractivity contribution is 5.94. The summed E-state index contributed by atoms with van der Waals surface area (Å²) in [6, 6.07) is 2.08. The summed E-state index contributed by atoms with van der Waals surface area (Å²) in [4.78, 5) is 29.0. The summed E-state index contributed by atoms with van der Waals surface area (Å²) >= 11 is 0. The van der Waals surface area contributed by atoms with E-state index in [0.717, 1.165) is 19.3 Å². The zero-order valence-corrected chi connectivity index (χ0v) is 14.7. The van der Waals surface area contributed by atoms with Crippen molar-refractivity contribution in [1.29, 1.82) is 0 Å². The molecular weight excluding hydrogens is 304 g/mol. The van der Waals surface area contributed by atoms with Gasteiger partial charge in [-0.3, -0.25) is 9.59 Å². The van der Waals surface area contributed by atoms with E-state index in [1.165, 1.54) is 31.8 Å². The molecule has 5 nitrogen and oxygen atoms in total. The first-order valence-electron chi connectivity index (χ1n) is 9.16. The van der Waals surface area contributed by atoms with Crippen molar-refractivity contribution in [2.24, 2.45) is 11.8 Å². The highest BCUT2D eigenvalue weighted by Crippen LogP contribution is 2.30. The van der Waals surface area contributed by atoms with Crippen LogP contribution in [0, 0.1) is 11.8 Å². The molecule has 5 heteroatoms. The van der Waals surface area contributed by atoms with Crippen LogP contribution in [0.1, 0.15) is 55.8 Å². The van der Waals surface area contributed by atoms with Gasteiger partial charge >= 0.3 is 0 Å². The van der Waals surface area contributed by atoms with E-state index >= 15 is 0 Å². The largest absolute Gasteiger partial charge is 0.472 e. The average Bonchev–Trinajstić information content (AvgIpc) is 3.15. The molecule has 3 rings (SSSR count). The molecule has 0 N–H and O–H groups in total. The second-order valence-corrected chi connectivity index (χ2v) is 7.36. The summed E-state index contributed by atoms with van der Waals surface area (Å²) < 4.78 is 4.99. The number of likely N-dealkylation sites (tertiary alicyclic amines) is 1. The molecule has 0 spiro atoms. The topological polar surface area (TPSA) is 53.8 Å². The third-order valence-electron chi connectivity index (χ3n) is 5.81. The third-order valence-corrected chi connectivity index (χ3v) is 5.81. The highest BCUT2D eigenvalue weighted by atomic mass is 16.3. The number of hydrogen-bond donors (Lipinski definition) is 0. The molecule has 1 aliphatic carbocycles. The molecule has 0 bridgehead atoms. The number of piperidine rings is 1. The third kappa shape index (κ3) is 3.50. The molecule has 1 aliphatic heterocycles. The number of nitrogens with zero attached hydrogens (tertiary/aromatic N) is 2. The van der Waals surface area contributed by atoms with E-state index in [1.54, 1.807) is 6.07 Å². The Hall–Kier alpha value is -1.78. The van der Waals surface area contributed by atoms with Crippen molar-refractivity contribution >= 4 is 11.8 Å². The van der Waals surface area contributed by atoms with Crippen molar-refractivity contribution < 1.29 is 14.0 Å². The number of carbonyl (C=O) groups is 2. The highest BCUT2D eigenvalue weighted by Gasteiger charge is 2.34. The van der Waals surface area contributed by atoms with E-state index in [2.05, 4.69) is 6.92 Å². The van der Waals surface area contributed by atoms with E-state index in [-0.39, 0.29) is 17.7 Å². The molecule has 2 atom stereocenters. The fourth-order valence-electron chi connectivity index (χ4n) is 4.22. The second-order valence-electron chi connectivity index (χ2n) is 7.36. The van der Waals surface area contributed by atoms with Gasteiger partial charge in [0.25, 0.3) is 5.91 Å². The van der Waals surface area contributed by atoms with Crippen LogP contribution < -0.4 is 0 Å². The Morgan fingerprint density at radius 3 is 2.50 bits per heavy atom. The van der Waals surface area contributed by atoms with Crippen LogP contribution in [0.5, 0.6) is 0 Å². The van der Waals surface area contributed by atoms with E-state index in [1.807, 2.05) is 16.8 Å². The fourth-order valence-corrected chi connectivity index (χ4v) is 4.22. The van der Waals surface area contributed by atoms with E-state index in [0.29, 0.717) is 30.6 Å². The second kappa shape index (κ2) is 7.41. The standard InChI is InChI=1S/C19H28N2O3/c1-14-5-3-4-6-17(14)20(2)18(22)15-7-10-21(11-8-15)19(23)16-9-12-24-13-16/h9,12-15,17H,3-8,10-11H2,1-2H3. The van der Waals surface area contributed by atoms with Crippen LogP contribution in [0.3, 0.4) is 0 Å². The average molecular weight is 332 g/mol. The molecule has 24 heavy (non-hydrogen) atoms. The van der Waals surface area contributed by atoms with Crippen molar-refractivity contribution in [2.45, 2.75) is 51.5 Å². The molecule has 2 amide bonds. The molecule has 2 aliphatic rings. The molecular formula is C19H28N2O3. The first-order valence-corrected chi connectivity index (χ1v) is 9.16. The Morgan fingerprint density at radius 2 is 1.88 bits per heavy atom. The number of hydrogen-bond acceptors (Lipinski definition) is 3.